The van der Waals surface area contributed by atoms with Gasteiger partial charge in [-0.15, -0.1) is 0 Å². The number of benzene rings is 2. The number of aryl methyl sites for hydroxylation is 1. The predicted octanol–water partition coefficient (Wildman–Crippen LogP) is 3.15. The van der Waals surface area contributed by atoms with Crippen LogP contribution in [0.4, 0.5) is 0 Å². The number of hydrogen-bond donors (Lipinski definition) is 1. The van der Waals surface area contributed by atoms with E-state index in [2.05, 4.69) is 5.32 Å². The van der Waals surface area contributed by atoms with E-state index in [9.17, 15) is 18.0 Å². The molecule has 2 aromatic carbocycles. The quantitative estimate of drug-likeness (QED) is 0.568. The van der Waals surface area contributed by atoms with E-state index >= 15 is 0 Å². The van der Waals surface area contributed by atoms with Crippen molar-refractivity contribution in [3.05, 3.63) is 59.7 Å². The molecule has 0 aliphatic carbocycles. The highest BCUT2D eigenvalue weighted by atomic mass is 32.2. The zero-order valence-electron chi connectivity index (χ0n) is 17.8. The number of hydrogen-bond acceptors (Lipinski definition) is 5. The predicted molar refractivity (Wildman–Crippen MR) is 117 cm³/mol. The minimum Gasteiger partial charge on any atom is -0.491 e. The zero-order valence-corrected chi connectivity index (χ0v) is 18.7. The van der Waals surface area contributed by atoms with Gasteiger partial charge in [0.05, 0.1) is 11.7 Å². The van der Waals surface area contributed by atoms with Crippen LogP contribution in [0.25, 0.3) is 0 Å². The molecule has 1 aliphatic heterocycles. The highest BCUT2D eigenvalue weighted by molar-refractivity contribution is 7.90. The third-order valence-corrected chi connectivity index (χ3v) is 6.75. The van der Waals surface area contributed by atoms with E-state index in [-0.39, 0.29) is 41.9 Å². The molecule has 0 aromatic heterocycles. The van der Waals surface area contributed by atoms with Crippen LogP contribution < -0.4 is 10.1 Å². The molecule has 31 heavy (non-hydrogen) atoms. The Bertz CT molecular complexity index is 1050. The molecule has 0 spiro atoms. The molecule has 1 aliphatic rings. The minimum absolute atomic E-state index is 0.00803. The second-order valence-corrected chi connectivity index (χ2v) is 9.58. The third kappa shape index (κ3) is 5.64. The molecule has 3 rings (SSSR count). The molecular formula is C23H28N2O5S. The molecule has 0 unspecified atom stereocenters. The van der Waals surface area contributed by atoms with Gasteiger partial charge in [-0.05, 0) is 62.9 Å². The van der Waals surface area contributed by atoms with Gasteiger partial charge in [0.1, 0.15) is 10.6 Å². The lowest BCUT2D eigenvalue weighted by atomic mass is 10.1. The van der Waals surface area contributed by atoms with Crippen LogP contribution >= 0.6 is 0 Å². The van der Waals surface area contributed by atoms with Crippen molar-refractivity contribution in [2.24, 2.45) is 0 Å². The summed E-state index contributed by atoms with van der Waals surface area (Å²) in [7, 11) is -3.81. The summed E-state index contributed by atoms with van der Waals surface area (Å²) in [6, 6.07) is 14.1. The molecule has 1 heterocycles. The van der Waals surface area contributed by atoms with E-state index < -0.39 is 15.9 Å². The van der Waals surface area contributed by atoms with Crippen LogP contribution in [0.2, 0.25) is 0 Å². The zero-order chi connectivity index (χ0) is 22.4. The highest BCUT2D eigenvalue weighted by Crippen LogP contribution is 2.29. The highest BCUT2D eigenvalue weighted by Gasteiger charge is 2.40. The summed E-state index contributed by atoms with van der Waals surface area (Å²) in [6.07, 6.45) is 2.15. The number of nitrogens with one attached hydrogen (secondary N) is 1. The van der Waals surface area contributed by atoms with Gasteiger partial charge in [0, 0.05) is 19.5 Å². The van der Waals surface area contributed by atoms with Crippen molar-refractivity contribution < 1.29 is 22.7 Å². The average molecular weight is 445 g/mol. The Labute approximate surface area is 183 Å². The molecule has 1 N–H and O–H groups in total. The lowest BCUT2D eigenvalue weighted by Crippen LogP contribution is -2.32. The molecule has 0 saturated carbocycles. The van der Waals surface area contributed by atoms with Gasteiger partial charge in [0.15, 0.2) is 0 Å². The maximum Gasteiger partial charge on any atom is 0.269 e. The van der Waals surface area contributed by atoms with Crippen LogP contribution in [0.1, 0.15) is 49.0 Å². The summed E-state index contributed by atoms with van der Waals surface area (Å²) in [5.74, 6) is 0.156. The molecule has 2 amide bonds. The Balaban J connectivity index is 1.38. The average Bonchev–Trinajstić information content (AvgIpc) is 2.92. The van der Waals surface area contributed by atoms with Crippen LogP contribution in [0, 0.1) is 0 Å². The van der Waals surface area contributed by atoms with Crippen LogP contribution in [0.15, 0.2) is 53.4 Å². The van der Waals surface area contributed by atoms with E-state index in [1.807, 2.05) is 38.1 Å². The lowest BCUT2D eigenvalue weighted by molar-refractivity contribution is -0.121. The van der Waals surface area contributed by atoms with E-state index in [4.69, 9.17) is 4.74 Å². The van der Waals surface area contributed by atoms with Gasteiger partial charge in [-0.1, -0.05) is 24.3 Å². The SMILES string of the molecule is CC(C)Oc1cccc(CCCNC(=O)CCCN2C(=O)c3ccccc3S2(=O)=O)c1. The fourth-order valence-corrected chi connectivity index (χ4v) is 5.10. The molecule has 0 saturated heterocycles. The summed E-state index contributed by atoms with van der Waals surface area (Å²) >= 11 is 0. The molecule has 0 bridgehead atoms. The lowest BCUT2D eigenvalue weighted by Gasteiger charge is -2.14. The number of sulfonamides is 1. The Morgan fingerprint density at radius 3 is 2.61 bits per heavy atom. The fourth-order valence-electron chi connectivity index (χ4n) is 3.49. The van der Waals surface area contributed by atoms with Crippen LogP contribution in [-0.4, -0.2) is 43.7 Å². The van der Waals surface area contributed by atoms with Crippen molar-refractivity contribution in [3.8, 4) is 5.75 Å². The molecule has 7 nitrogen and oxygen atoms in total. The van der Waals surface area contributed by atoms with Gasteiger partial charge >= 0.3 is 0 Å². The van der Waals surface area contributed by atoms with E-state index in [1.165, 1.54) is 12.1 Å². The summed E-state index contributed by atoms with van der Waals surface area (Å²) in [6.45, 7) is 4.48. The van der Waals surface area contributed by atoms with Crippen molar-refractivity contribution in [2.75, 3.05) is 13.1 Å². The molecule has 8 heteroatoms. The van der Waals surface area contributed by atoms with Crippen LogP contribution in [-0.2, 0) is 21.2 Å². The first-order chi connectivity index (χ1) is 14.8. The maximum absolute atomic E-state index is 12.5. The number of amides is 2. The summed E-state index contributed by atoms with van der Waals surface area (Å²) in [5, 5.41) is 2.85. The third-order valence-electron chi connectivity index (χ3n) is 4.91. The van der Waals surface area contributed by atoms with Gasteiger partial charge in [0.2, 0.25) is 5.91 Å². The Hall–Kier alpha value is -2.87. The Morgan fingerprint density at radius 1 is 1.10 bits per heavy atom. The molecule has 0 atom stereocenters. The van der Waals surface area contributed by atoms with Gasteiger partial charge in [-0.3, -0.25) is 9.59 Å². The monoisotopic (exact) mass is 444 g/mol. The van der Waals surface area contributed by atoms with Crippen LogP contribution in [0.3, 0.4) is 0 Å². The number of fused-ring (bicyclic) bond motifs is 1. The molecular weight excluding hydrogens is 416 g/mol. The van der Waals surface area contributed by atoms with Crippen molar-refractivity contribution in [1.82, 2.24) is 9.62 Å². The topological polar surface area (TPSA) is 92.8 Å². The van der Waals surface area contributed by atoms with Crippen molar-refractivity contribution in [2.45, 2.75) is 50.5 Å². The van der Waals surface area contributed by atoms with Gasteiger partial charge < -0.3 is 10.1 Å². The first-order valence-corrected chi connectivity index (χ1v) is 11.9. The van der Waals surface area contributed by atoms with Crippen molar-refractivity contribution >= 4 is 21.8 Å². The molecule has 0 fully saturated rings. The minimum atomic E-state index is -3.81. The molecule has 0 radical (unpaired) electrons. The van der Waals surface area contributed by atoms with E-state index in [1.54, 1.807) is 12.1 Å². The summed E-state index contributed by atoms with van der Waals surface area (Å²) in [5.41, 5.74) is 1.33. The molecule has 166 valence electrons. The van der Waals surface area contributed by atoms with Gasteiger partial charge in [-0.25, -0.2) is 12.7 Å². The van der Waals surface area contributed by atoms with Gasteiger partial charge in [0.25, 0.3) is 15.9 Å². The number of ether oxygens (including phenoxy) is 1. The second kappa shape index (κ2) is 9.96. The number of carbonyl (C=O) groups is 2. The number of nitrogens with zero attached hydrogens (tertiary/aromatic N) is 1. The van der Waals surface area contributed by atoms with Crippen molar-refractivity contribution in [1.29, 1.82) is 0 Å². The van der Waals surface area contributed by atoms with Crippen LogP contribution in [0.5, 0.6) is 5.75 Å². The maximum atomic E-state index is 12.5. The van der Waals surface area contributed by atoms with E-state index in [0.717, 1.165) is 28.5 Å². The second-order valence-electron chi connectivity index (χ2n) is 7.75. The summed E-state index contributed by atoms with van der Waals surface area (Å²) in [4.78, 5) is 24.5. The van der Waals surface area contributed by atoms with E-state index in [0.29, 0.717) is 6.54 Å². The molecule has 2 aromatic rings. The number of rotatable bonds is 10. The fraction of sp³-hybridized carbons (Fsp3) is 0.391. The normalized spacial score (nSPS) is 14.5. The van der Waals surface area contributed by atoms with Gasteiger partial charge in [-0.2, -0.15) is 0 Å². The Morgan fingerprint density at radius 2 is 1.87 bits per heavy atom. The summed E-state index contributed by atoms with van der Waals surface area (Å²) < 4.78 is 31.5. The number of carbonyl (C=O) groups excluding carboxylic acids is 2. The first kappa shape index (κ1) is 22.8. The largest absolute Gasteiger partial charge is 0.491 e. The van der Waals surface area contributed by atoms with Crippen molar-refractivity contribution in [3.63, 3.8) is 0 Å². The Kier molecular flexibility index (Phi) is 7.33. The smallest absolute Gasteiger partial charge is 0.269 e. The standard InChI is InChI=1S/C23H28N2O5S/c1-17(2)30-19-10-5-8-18(16-19)9-6-14-24-22(26)13-7-15-25-23(27)20-11-3-4-12-21(20)31(25,28)29/h3-5,8,10-12,16-17H,6-7,9,13-15H2,1-2H3,(H,24,26). The first-order valence-electron chi connectivity index (χ1n) is 10.5.